The highest BCUT2D eigenvalue weighted by Crippen LogP contribution is 2.31. The van der Waals surface area contributed by atoms with Crippen LogP contribution in [0.2, 0.25) is 0 Å². The fraction of sp³-hybridized carbons (Fsp3) is 0.200. The Morgan fingerprint density at radius 1 is 1.12 bits per heavy atom. The predicted molar refractivity (Wildman–Crippen MR) is 85.9 cm³/mol. The zero-order valence-electron chi connectivity index (χ0n) is 13.3. The van der Waals surface area contributed by atoms with Gasteiger partial charge in [0.25, 0.3) is 10.0 Å². The minimum Gasteiger partial charge on any atom is -0.492 e. The van der Waals surface area contributed by atoms with Crippen LogP contribution in [0.4, 0.5) is 28.9 Å². The molecular weight excluding hydrogens is 380 g/mol. The van der Waals surface area contributed by atoms with Gasteiger partial charge >= 0.3 is 6.36 Å². The number of nitrogens with one attached hydrogen (secondary N) is 1. The molecule has 0 aliphatic heterocycles. The van der Waals surface area contributed by atoms with E-state index < -0.39 is 28.0 Å². The first kappa shape index (κ1) is 19.6. The first-order valence-electron chi connectivity index (χ1n) is 7.12. The number of benzene rings is 2. The molecule has 2 aromatic rings. The molecule has 142 valence electrons. The van der Waals surface area contributed by atoms with Crippen LogP contribution in [0.25, 0.3) is 0 Å². The van der Waals surface area contributed by atoms with Crippen molar-refractivity contribution in [3.8, 4) is 11.5 Å². The Morgan fingerprint density at radius 2 is 1.81 bits per heavy atom. The van der Waals surface area contributed by atoms with Crippen LogP contribution in [0.3, 0.4) is 0 Å². The molecule has 0 amide bonds. The lowest BCUT2D eigenvalue weighted by Crippen LogP contribution is -2.18. The summed E-state index contributed by atoms with van der Waals surface area (Å²) < 4.78 is 86.0. The molecule has 0 radical (unpaired) electrons. The maximum atomic E-state index is 13.4. The van der Waals surface area contributed by atoms with Crippen molar-refractivity contribution in [3.05, 3.63) is 42.2 Å². The second-order valence-corrected chi connectivity index (χ2v) is 6.59. The van der Waals surface area contributed by atoms with E-state index in [9.17, 15) is 26.0 Å². The molecule has 0 aliphatic rings. The molecule has 2 aromatic carbocycles. The Morgan fingerprint density at radius 3 is 2.42 bits per heavy atom. The summed E-state index contributed by atoms with van der Waals surface area (Å²) in [4.78, 5) is -0.281. The van der Waals surface area contributed by atoms with E-state index in [1.54, 1.807) is 6.92 Å². The van der Waals surface area contributed by atoms with Crippen molar-refractivity contribution in [1.29, 1.82) is 0 Å². The van der Waals surface area contributed by atoms with E-state index in [2.05, 4.69) is 4.74 Å². The molecule has 2 rings (SSSR count). The minimum atomic E-state index is -5.13. The van der Waals surface area contributed by atoms with Gasteiger partial charge in [-0.15, -0.1) is 13.2 Å². The molecule has 0 saturated carbocycles. The fourth-order valence-corrected chi connectivity index (χ4v) is 3.17. The second kappa shape index (κ2) is 7.28. The Bertz CT molecular complexity index is 901. The number of nitrogen functional groups attached to an aromatic ring is 1. The van der Waals surface area contributed by atoms with Crippen LogP contribution in [0, 0.1) is 5.82 Å². The molecule has 0 bridgehead atoms. The fourth-order valence-electron chi connectivity index (χ4n) is 1.99. The maximum absolute atomic E-state index is 13.4. The molecule has 11 heteroatoms. The largest absolute Gasteiger partial charge is 0.573 e. The molecule has 0 aliphatic carbocycles. The lowest BCUT2D eigenvalue weighted by Gasteiger charge is -2.14. The number of ether oxygens (including phenoxy) is 2. The molecule has 3 N–H and O–H groups in total. The summed E-state index contributed by atoms with van der Waals surface area (Å²) in [6.07, 6.45) is -5.13. The lowest BCUT2D eigenvalue weighted by molar-refractivity contribution is -0.275. The maximum Gasteiger partial charge on any atom is 0.573 e. The Labute approximate surface area is 146 Å². The summed E-state index contributed by atoms with van der Waals surface area (Å²) >= 11 is 0. The SMILES string of the molecule is CCOc1cc(N)ccc1S(=O)(=O)Nc1ccc(F)c(OC(F)(F)F)c1. The van der Waals surface area contributed by atoms with Crippen LogP contribution in [0.1, 0.15) is 6.92 Å². The van der Waals surface area contributed by atoms with Gasteiger partial charge in [0.1, 0.15) is 10.6 Å². The molecule has 0 saturated heterocycles. The number of hydrogen-bond acceptors (Lipinski definition) is 5. The molecule has 0 atom stereocenters. The van der Waals surface area contributed by atoms with E-state index in [0.29, 0.717) is 12.1 Å². The smallest absolute Gasteiger partial charge is 0.492 e. The average molecular weight is 394 g/mol. The summed E-state index contributed by atoms with van der Waals surface area (Å²) in [5.74, 6) is -2.50. The predicted octanol–water partition coefficient (Wildman–Crippen LogP) is 3.51. The van der Waals surface area contributed by atoms with Gasteiger partial charge in [0.05, 0.1) is 12.3 Å². The zero-order valence-corrected chi connectivity index (χ0v) is 14.1. The van der Waals surface area contributed by atoms with Gasteiger partial charge in [-0.2, -0.15) is 0 Å². The number of sulfonamides is 1. The summed E-state index contributed by atoms with van der Waals surface area (Å²) in [6.45, 7) is 1.79. The minimum absolute atomic E-state index is 0.0334. The van der Waals surface area contributed by atoms with Gasteiger partial charge in [-0.1, -0.05) is 0 Å². The van der Waals surface area contributed by atoms with Crippen LogP contribution < -0.4 is 19.9 Å². The van der Waals surface area contributed by atoms with Crippen molar-refractivity contribution < 1.29 is 35.5 Å². The monoisotopic (exact) mass is 394 g/mol. The number of nitrogens with two attached hydrogens (primary N) is 1. The highest BCUT2D eigenvalue weighted by atomic mass is 32.2. The summed E-state index contributed by atoms with van der Waals surface area (Å²) in [6, 6.07) is 5.97. The van der Waals surface area contributed by atoms with E-state index in [1.165, 1.54) is 18.2 Å². The summed E-state index contributed by atoms with van der Waals surface area (Å²) in [5.41, 5.74) is 5.52. The zero-order chi connectivity index (χ0) is 19.5. The van der Waals surface area contributed by atoms with Crippen LogP contribution >= 0.6 is 0 Å². The van der Waals surface area contributed by atoms with Crippen molar-refractivity contribution in [2.24, 2.45) is 0 Å². The molecule has 0 aromatic heterocycles. The van der Waals surface area contributed by atoms with Crippen molar-refractivity contribution >= 4 is 21.4 Å². The summed E-state index contributed by atoms with van der Waals surface area (Å²) in [7, 11) is -4.25. The topological polar surface area (TPSA) is 90.7 Å². The van der Waals surface area contributed by atoms with Crippen molar-refractivity contribution in [2.75, 3.05) is 17.1 Å². The third-order valence-electron chi connectivity index (χ3n) is 2.97. The van der Waals surface area contributed by atoms with Gasteiger partial charge in [0.2, 0.25) is 0 Å². The van der Waals surface area contributed by atoms with Crippen LogP contribution in [-0.2, 0) is 10.0 Å². The Hall–Kier alpha value is -2.69. The quantitative estimate of drug-likeness (QED) is 0.578. The van der Waals surface area contributed by atoms with E-state index in [1.807, 2.05) is 4.72 Å². The van der Waals surface area contributed by atoms with Gasteiger partial charge in [-0.05, 0) is 31.2 Å². The average Bonchev–Trinajstić information content (AvgIpc) is 2.49. The first-order valence-corrected chi connectivity index (χ1v) is 8.60. The van der Waals surface area contributed by atoms with Gasteiger partial charge in [0, 0.05) is 17.8 Å². The number of anilines is 2. The van der Waals surface area contributed by atoms with E-state index in [0.717, 1.165) is 6.07 Å². The molecule has 0 fully saturated rings. The van der Waals surface area contributed by atoms with Crippen LogP contribution in [0.15, 0.2) is 41.3 Å². The molecule has 0 unspecified atom stereocenters. The normalized spacial score (nSPS) is 11.9. The number of alkyl halides is 3. The van der Waals surface area contributed by atoms with Crippen molar-refractivity contribution in [1.82, 2.24) is 0 Å². The van der Waals surface area contributed by atoms with Gasteiger partial charge in [-0.3, -0.25) is 4.72 Å². The third kappa shape index (κ3) is 4.91. The van der Waals surface area contributed by atoms with Crippen LogP contribution in [-0.4, -0.2) is 21.4 Å². The Balaban J connectivity index is 2.37. The summed E-state index contributed by atoms with van der Waals surface area (Å²) in [5, 5.41) is 0. The molecular formula is C15H14F4N2O4S. The molecule has 0 heterocycles. The number of halogens is 4. The van der Waals surface area contributed by atoms with Crippen LogP contribution in [0.5, 0.6) is 11.5 Å². The third-order valence-corrected chi connectivity index (χ3v) is 4.39. The van der Waals surface area contributed by atoms with Gasteiger partial charge < -0.3 is 15.2 Å². The van der Waals surface area contributed by atoms with Crippen molar-refractivity contribution in [3.63, 3.8) is 0 Å². The molecule has 6 nitrogen and oxygen atoms in total. The first-order chi connectivity index (χ1) is 12.0. The number of rotatable bonds is 6. The van der Waals surface area contributed by atoms with E-state index in [4.69, 9.17) is 10.5 Å². The van der Waals surface area contributed by atoms with E-state index in [-0.39, 0.29) is 28.6 Å². The standard InChI is InChI=1S/C15H14F4N2O4S/c1-2-24-13-7-9(20)3-6-14(13)26(22,23)21-10-4-5-11(16)12(8-10)25-15(17,18)19/h3-8,21H,2,20H2,1H3. The van der Waals surface area contributed by atoms with Crippen molar-refractivity contribution in [2.45, 2.75) is 18.2 Å². The van der Waals surface area contributed by atoms with Gasteiger partial charge in [-0.25, -0.2) is 12.8 Å². The second-order valence-electron chi connectivity index (χ2n) is 4.94. The number of hydrogen-bond donors (Lipinski definition) is 2. The lowest BCUT2D eigenvalue weighted by atomic mass is 10.3. The van der Waals surface area contributed by atoms with E-state index >= 15 is 0 Å². The highest BCUT2D eigenvalue weighted by Gasteiger charge is 2.32. The molecule has 26 heavy (non-hydrogen) atoms. The highest BCUT2D eigenvalue weighted by molar-refractivity contribution is 7.92. The van der Waals surface area contributed by atoms with Gasteiger partial charge in [0.15, 0.2) is 11.6 Å². The Kier molecular flexibility index (Phi) is 5.50. The molecule has 0 spiro atoms.